The van der Waals surface area contributed by atoms with E-state index in [1.807, 2.05) is 45.0 Å². The van der Waals surface area contributed by atoms with E-state index in [4.69, 9.17) is 0 Å². The molecule has 0 saturated heterocycles. The van der Waals surface area contributed by atoms with Crippen molar-refractivity contribution < 1.29 is 4.79 Å². The maximum Gasteiger partial charge on any atom is 0.274 e. The van der Waals surface area contributed by atoms with Gasteiger partial charge in [-0.3, -0.25) is 4.79 Å². The number of rotatable bonds is 4. The van der Waals surface area contributed by atoms with E-state index in [9.17, 15) is 4.79 Å². The predicted molar refractivity (Wildman–Crippen MR) is 82.3 cm³/mol. The zero-order chi connectivity index (χ0) is 14.5. The van der Waals surface area contributed by atoms with Gasteiger partial charge in [-0.2, -0.15) is 0 Å². The van der Waals surface area contributed by atoms with Crippen LogP contribution in [0.2, 0.25) is 0 Å². The van der Waals surface area contributed by atoms with Gasteiger partial charge in [0, 0.05) is 12.2 Å². The standard InChI is InChI=1S/C16H19N3O/c1-4-17-13-7-8-14(18-10-13)16(20)19-15-9-11(2)5-6-12(15)3/h5-10,17H,4H2,1-3H3,(H,19,20). The average Bonchev–Trinajstić information content (AvgIpc) is 2.44. The summed E-state index contributed by atoms with van der Waals surface area (Å²) in [6, 6.07) is 9.55. The van der Waals surface area contributed by atoms with Crippen LogP contribution in [-0.4, -0.2) is 17.4 Å². The molecule has 1 aromatic heterocycles. The molecule has 0 aliphatic rings. The zero-order valence-electron chi connectivity index (χ0n) is 12.0. The van der Waals surface area contributed by atoms with Crippen molar-refractivity contribution in [2.75, 3.05) is 17.2 Å². The lowest BCUT2D eigenvalue weighted by Gasteiger charge is -2.09. The topological polar surface area (TPSA) is 54.0 Å². The molecule has 1 amide bonds. The van der Waals surface area contributed by atoms with Gasteiger partial charge in [-0.05, 0) is 50.1 Å². The van der Waals surface area contributed by atoms with Crippen molar-refractivity contribution in [3.05, 3.63) is 53.3 Å². The van der Waals surface area contributed by atoms with Crippen LogP contribution in [-0.2, 0) is 0 Å². The Morgan fingerprint density at radius 2 is 2.00 bits per heavy atom. The highest BCUT2D eigenvalue weighted by Crippen LogP contribution is 2.17. The summed E-state index contributed by atoms with van der Waals surface area (Å²) in [6.45, 7) is 6.81. The van der Waals surface area contributed by atoms with E-state index in [0.29, 0.717) is 5.69 Å². The molecule has 0 bridgehead atoms. The van der Waals surface area contributed by atoms with Gasteiger partial charge in [0.2, 0.25) is 0 Å². The van der Waals surface area contributed by atoms with Crippen LogP contribution in [0, 0.1) is 13.8 Å². The largest absolute Gasteiger partial charge is 0.384 e. The van der Waals surface area contributed by atoms with Crippen LogP contribution >= 0.6 is 0 Å². The Kier molecular flexibility index (Phi) is 4.35. The van der Waals surface area contributed by atoms with Gasteiger partial charge in [0.1, 0.15) is 5.69 Å². The third-order valence-electron chi connectivity index (χ3n) is 3.02. The van der Waals surface area contributed by atoms with Crippen LogP contribution in [0.3, 0.4) is 0 Å². The summed E-state index contributed by atoms with van der Waals surface area (Å²) in [5, 5.41) is 6.04. The lowest BCUT2D eigenvalue weighted by Crippen LogP contribution is -2.14. The maximum atomic E-state index is 12.2. The molecule has 0 atom stereocenters. The molecule has 0 spiro atoms. The number of anilines is 2. The highest BCUT2D eigenvalue weighted by molar-refractivity contribution is 6.03. The van der Waals surface area contributed by atoms with Gasteiger partial charge in [-0.25, -0.2) is 4.98 Å². The molecule has 0 aliphatic carbocycles. The molecular formula is C16H19N3O. The van der Waals surface area contributed by atoms with Gasteiger partial charge >= 0.3 is 0 Å². The summed E-state index contributed by atoms with van der Waals surface area (Å²) in [5.74, 6) is -0.193. The first-order valence-corrected chi connectivity index (χ1v) is 6.68. The highest BCUT2D eigenvalue weighted by Gasteiger charge is 2.09. The Labute approximate surface area is 119 Å². The van der Waals surface area contributed by atoms with E-state index in [2.05, 4.69) is 15.6 Å². The van der Waals surface area contributed by atoms with Gasteiger partial charge < -0.3 is 10.6 Å². The molecule has 20 heavy (non-hydrogen) atoms. The fourth-order valence-corrected chi connectivity index (χ4v) is 1.89. The van der Waals surface area contributed by atoms with Gasteiger partial charge in [0.05, 0.1) is 11.9 Å². The zero-order valence-corrected chi connectivity index (χ0v) is 12.0. The van der Waals surface area contributed by atoms with E-state index in [1.165, 1.54) is 0 Å². The van der Waals surface area contributed by atoms with Crippen molar-refractivity contribution in [1.29, 1.82) is 0 Å². The fraction of sp³-hybridized carbons (Fsp3) is 0.250. The maximum absolute atomic E-state index is 12.2. The van der Waals surface area contributed by atoms with Crippen LogP contribution in [0.15, 0.2) is 36.5 Å². The summed E-state index contributed by atoms with van der Waals surface area (Å²) < 4.78 is 0. The van der Waals surface area contributed by atoms with Crippen molar-refractivity contribution in [1.82, 2.24) is 4.98 Å². The second-order valence-corrected chi connectivity index (χ2v) is 4.73. The number of nitrogens with one attached hydrogen (secondary N) is 2. The quantitative estimate of drug-likeness (QED) is 0.894. The Bertz CT molecular complexity index is 606. The normalized spacial score (nSPS) is 10.2. The Balaban J connectivity index is 2.13. The predicted octanol–water partition coefficient (Wildman–Crippen LogP) is 3.38. The van der Waals surface area contributed by atoms with E-state index in [1.54, 1.807) is 12.3 Å². The number of hydrogen-bond donors (Lipinski definition) is 2. The van der Waals surface area contributed by atoms with Crippen LogP contribution < -0.4 is 10.6 Å². The van der Waals surface area contributed by atoms with Gasteiger partial charge in [-0.15, -0.1) is 0 Å². The SMILES string of the molecule is CCNc1ccc(C(=O)Nc2cc(C)ccc2C)nc1. The number of amides is 1. The molecule has 2 rings (SSSR count). The average molecular weight is 269 g/mol. The van der Waals surface area contributed by atoms with Crippen molar-refractivity contribution in [2.45, 2.75) is 20.8 Å². The summed E-state index contributed by atoms with van der Waals surface area (Å²) >= 11 is 0. The number of aryl methyl sites for hydroxylation is 2. The first kappa shape index (κ1) is 14.1. The van der Waals surface area contributed by atoms with Crippen molar-refractivity contribution in [3.63, 3.8) is 0 Å². The number of carbonyl (C=O) groups is 1. The van der Waals surface area contributed by atoms with Crippen LogP contribution in [0.5, 0.6) is 0 Å². The summed E-state index contributed by atoms with van der Waals surface area (Å²) in [6.07, 6.45) is 1.67. The molecule has 2 N–H and O–H groups in total. The number of carbonyl (C=O) groups excluding carboxylic acids is 1. The lowest BCUT2D eigenvalue weighted by molar-refractivity contribution is 0.102. The monoisotopic (exact) mass is 269 g/mol. The van der Waals surface area contributed by atoms with E-state index in [-0.39, 0.29) is 5.91 Å². The molecule has 1 heterocycles. The first-order valence-electron chi connectivity index (χ1n) is 6.68. The van der Waals surface area contributed by atoms with Crippen LogP contribution in [0.25, 0.3) is 0 Å². The molecule has 1 aromatic carbocycles. The molecule has 4 heteroatoms. The van der Waals surface area contributed by atoms with Gasteiger partial charge in [-0.1, -0.05) is 12.1 Å². The fourth-order valence-electron chi connectivity index (χ4n) is 1.89. The molecular weight excluding hydrogens is 250 g/mol. The molecule has 0 fully saturated rings. The Morgan fingerprint density at radius 3 is 2.65 bits per heavy atom. The second-order valence-electron chi connectivity index (χ2n) is 4.73. The van der Waals surface area contributed by atoms with Gasteiger partial charge in [0.25, 0.3) is 5.91 Å². The number of benzene rings is 1. The van der Waals surface area contributed by atoms with E-state index < -0.39 is 0 Å². The van der Waals surface area contributed by atoms with Crippen molar-refractivity contribution in [2.24, 2.45) is 0 Å². The second kappa shape index (κ2) is 6.19. The van der Waals surface area contributed by atoms with E-state index in [0.717, 1.165) is 29.0 Å². The van der Waals surface area contributed by atoms with Gasteiger partial charge in [0.15, 0.2) is 0 Å². The minimum absolute atomic E-state index is 0.193. The van der Waals surface area contributed by atoms with Crippen molar-refractivity contribution >= 4 is 17.3 Å². The van der Waals surface area contributed by atoms with Crippen LogP contribution in [0.1, 0.15) is 28.5 Å². The Morgan fingerprint density at radius 1 is 1.20 bits per heavy atom. The summed E-state index contributed by atoms with van der Waals surface area (Å²) in [4.78, 5) is 16.3. The number of aromatic nitrogens is 1. The molecule has 0 saturated carbocycles. The molecule has 104 valence electrons. The number of hydrogen-bond acceptors (Lipinski definition) is 3. The molecule has 4 nitrogen and oxygen atoms in total. The molecule has 0 unspecified atom stereocenters. The first-order chi connectivity index (χ1) is 9.60. The molecule has 0 radical (unpaired) electrons. The molecule has 0 aliphatic heterocycles. The molecule has 2 aromatic rings. The van der Waals surface area contributed by atoms with E-state index >= 15 is 0 Å². The minimum atomic E-state index is -0.193. The lowest BCUT2D eigenvalue weighted by atomic mass is 10.1. The summed E-state index contributed by atoms with van der Waals surface area (Å²) in [5.41, 5.74) is 4.30. The summed E-state index contributed by atoms with van der Waals surface area (Å²) in [7, 11) is 0. The van der Waals surface area contributed by atoms with Crippen molar-refractivity contribution in [3.8, 4) is 0 Å². The number of pyridine rings is 1. The smallest absolute Gasteiger partial charge is 0.274 e. The highest BCUT2D eigenvalue weighted by atomic mass is 16.1. The Hall–Kier alpha value is -2.36. The third-order valence-corrected chi connectivity index (χ3v) is 3.02. The number of nitrogens with zero attached hydrogens (tertiary/aromatic N) is 1. The minimum Gasteiger partial charge on any atom is -0.384 e. The third kappa shape index (κ3) is 3.35. The van der Waals surface area contributed by atoms with Crippen LogP contribution in [0.4, 0.5) is 11.4 Å².